The number of carbonyl (C=O) groups excluding carboxylic acids is 1. The predicted octanol–water partition coefficient (Wildman–Crippen LogP) is 2.73. The Morgan fingerprint density at radius 1 is 1.40 bits per heavy atom. The maximum Gasteiger partial charge on any atom is 0.224 e. The summed E-state index contributed by atoms with van der Waals surface area (Å²) in [7, 11) is 0. The van der Waals surface area contributed by atoms with E-state index in [9.17, 15) is 4.79 Å². The van der Waals surface area contributed by atoms with E-state index in [0.717, 1.165) is 25.9 Å². The summed E-state index contributed by atoms with van der Waals surface area (Å²) in [6, 6.07) is 10.5. The number of nitrogens with two attached hydrogens (primary N) is 1. The molecule has 1 amide bonds. The van der Waals surface area contributed by atoms with E-state index in [1.807, 2.05) is 17.9 Å². The first-order valence-electron chi connectivity index (χ1n) is 7.10. The Balaban J connectivity index is 0.00000200. The van der Waals surface area contributed by atoms with Gasteiger partial charge in [-0.15, -0.1) is 12.4 Å². The lowest BCUT2D eigenvalue weighted by Crippen LogP contribution is -2.48. The fraction of sp³-hybridized carbons (Fsp3) is 0.562. The molecule has 1 fully saturated rings. The van der Waals surface area contributed by atoms with Crippen LogP contribution in [0.2, 0.25) is 0 Å². The van der Waals surface area contributed by atoms with Crippen molar-refractivity contribution in [2.24, 2.45) is 5.73 Å². The molecule has 0 radical (unpaired) electrons. The second kappa shape index (κ2) is 7.09. The van der Waals surface area contributed by atoms with Crippen molar-refractivity contribution >= 4 is 18.3 Å². The smallest absolute Gasteiger partial charge is 0.224 e. The number of nitrogens with zero attached hydrogens (tertiary/aromatic N) is 1. The second-order valence-corrected chi connectivity index (χ2v) is 6.03. The highest BCUT2D eigenvalue weighted by molar-refractivity contribution is 5.85. The van der Waals surface area contributed by atoms with Crippen LogP contribution in [0.1, 0.15) is 38.7 Å². The first-order valence-corrected chi connectivity index (χ1v) is 7.10. The molecule has 1 heterocycles. The monoisotopic (exact) mass is 296 g/mol. The Kier molecular flexibility index (Phi) is 6.03. The number of likely N-dealkylation sites (tertiary alicyclic amines) is 1. The van der Waals surface area contributed by atoms with Gasteiger partial charge in [-0.05, 0) is 25.3 Å². The molecular formula is C16H25ClN2O. The SMILES string of the molecule is CC(N)CC(=O)N1CCCC(C)(c2ccccc2)C1.Cl. The molecule has 2 atom stereocenters. The fourth-order valence-electron chi connectivity index (χ4n) is 2.93. The molecule has 112 valence electrons. The van der Waals surface area contributed by atoms with E-state index < -0.39 is 0 Å². The topological polar surface area (TPSA) is 46.3 Å². The van der Waals surface area contributed by atoms with Crippen LogP contribution in [0.5, 0.6) is 0 Å². The van der Waals surface area contributed by atoms with Gasteiger partial charge in [0, 0.05) is 31.0 Å². The lowest BCUT2D eigenvalue weighted by molar-refractivity contribution is -0.133. The maximum absolute atomic E-state index is 12.2. The van der Waals surface area contributed by atoms with Gasteiger partial charge in [0.1, 0.15) is 0 Å². The van der Waals surface area contributed by atoms with E-state index in [2.05, 4.69) is 31.2 Å². The number of amides is 1. The summed E-state index contributed by atoms with van der Waals surface area (Å²) in [6.07, 6.45) is 2.65. The predicted molar refractivity (Wildman–Crippen MR) is 85.1 cm³/mol. The van der Waals surface area contributed by atoms with Crippen LogP contribution in [0.4, 0.5) is 0 Å². The summed E-state index contributed by atoms with van der Waals surface area (Å²) in [5.41, 5.74) is 7.13. The molecular weight excluding hydrogens is 272 g/mol. The van der Waals surface area contributed by atoms with Crippen LogP contribution < -0.4 is 5.73 Å². The highest BCUT2D eigenvalue weighted by Gasteiger charge is 2.34. The van der Waals surface area contributed by atoms with E-state index in [-0.39, 0.29) is 29.8 Å². The molecule has 0 aromatic heterocycles. The third kappa shape index (κ3) is 3.97. The van der Waals surface area contributed by atoms with Crippen LogP contribution in [0.3, 0.4) is 0 Å². The maximum atomic E-state index is 12.2. The number of benzene rings is 1. The van der Waals surface area contributed by atoms with Gasteiger partial charge in [0.15, 0.2) is 0 Å². The molecule has 3 nitrogen and oxygen atoms in total. The van der Waals surface area contributed by atoms with Crippen molar-refractivity contribution in [2.45, 2.75) is 44.6 Å². The van der Waals surface area contributed by atoms with Gasteiger partial charge < -0.3 is 10.6 Å². The average molecular weight is 297 g/mol. The molecule has 1 saturated heterocycles. The molecule has 2 unspecified atom stereocenters. The van der Waals surface area contributed by atoms with Gasteiger partial charge in [0.05, 0.1) is 0 Å². The van der Waals surface area contributed by atoms with Gasteiger partial charge in [-0.1, -0.05) is 37.3 Å². The fourth-order valence-corrected chi connectivity index (χ4v) is 2.93. The molecule has 20 heavy (non-hydrogen) atoms. The molecule has 0 saturated carbocycles. The minimum atomic E-state index is -0.0580. The highest BCUT2D eigenvalue weighted by Crippen LogP contribution is 2.33. The number of hydrogen-bond acceptors (Lipinski definition) is 2. The molecule has 0 aliphatic carbocycles. The summed E-state index contributed by atoms with van der Waals surface area (Å²) in [6.45, 7) is 5.82. The van der Waals surface area contributed by atoms with Gasteiger partial charge in [-0.2, -0.15) is 0 Å². The van der Waals surface area contributed by atoms with Crippen LogP contribution >= 0.6 is 12.4 Å². The van der Waals surface area contributed by atoms with Crippen molar-refractivity contribution in [3.05, 3.63) is 35.9 Å². The third-order valence-corrected chi connectivity index (χ3v) is 4.02. The minimum Gasteiger partial charge on any atom is -0.342 e. The van der Waals surface area contributed by atoms with E-state index in [1.165, 1.54) is 5.56 Å². The zero-order valence-electron chi connectivity index (χ0n) is 12.3. The van der Waals surface area contributed by atoms with E-state index in [0.29, 0.717) is 6.42 Å². The Bertz CT molecular complexity index is 435. The Labute approximate surface area is 127 Å². The van der Waals surface area contributed by atoms with Crippen LogP contribution in [-0.2, 0) is 10.2 Å². The number of hydrogen-bond donors (Lipinski definition) is 1. The van der Waals surface area contributed by atoms with Crippen molar-refractivity contribution in [1.82, 2.24) is 4.90 Å². The van der Waals surface area contributed by atoms with Gasteiger partial charge in [0.25, 0.3) is 0 Å². The van der Waals surface area contributed by atoms with E-state index in [4.69, 9.17) is 5.73 Å². The number of carbonyl (C=O) groups is 1. The van der Waals surface area contributed by atoms with Gasteiger partial charge in [-0.25, -0.2) is 0 Å². The Morgan fingerprint density at radius 3 is 2.65 bits per heavy atom. The highest BCUT2D eigenvalue weighted by atomic mass is 35.5. The normalized spacial score (nSPS) is 23.9. The second-order valence-electron chi connectivity index (χ2n) is 6.03. The van der Waals surface area contributed by atoms with Gasteiger partial charge in [0.2, 0.25) is 5.91 Å². The Hall–Kier alpha value is -1.06. The lowest BCUT2D eigenvalue weighted by Gasteiger charge is -2.41. The summed E-state index contributed by atoms with van der Waals surface area (Å²) < 4.78 is 0. The van der Waals surface area contributed by atoms with Crippen molar-refractivity contribution in [2.75, 3.05) is 13.1 Å². The van der Waals surface area contributed by atoms with Crippen LogP contribution in [0, 0.1) is 0 Å². The number of rotatable bonds is 3. The Morgan fingerprint density at radius 2 is 2.05 bits per heavy atom. The van der Waals surface area contributed by atoms with Gasteiger partial charge >= 0.3 is 0 Å². The van der Waals surface area contributed by atoms with Crippen LogP contribution in [0.25, 0.3) is 0 Å². The largest absolute Gasteiger partial charge is 0.342 e. The van der Waals surface area contributed by atoms with E-state index >= 15 is 0 Å². The summed E-state index contributed by atoms with van der Waals surface area (Å²) >= 11 is 0. The molecule has 2 N–H and O–H groups in total. The summed E-state index contributed by atoms with van der Waals surface area (Å²) in [5, 5.41) is 0. The zero-order chi connectivity index (χ0) is 13.9. The molecule has 1 aromatic carbocycles. The quantitative estimate of drug-likeness (QED) is 0.932. The van der Waals surface area contributed by atoms with Crippen LogP contribution in [-0.4, -0.2) is 29.9 Å². The number of halogens is 1. The molecule has 0 bridgehead atoms. The number of piperidine rings is 1. The van der Waals surface area contributed by atoms with Crippen molar-refractivity contribution in [3.63, 3.8) is 0 Å². The third-order valence-electron chi connectivity index (χ3n) is 4.02. The van der Waals surface area contributed by atoms with Crippen molar-refractivity contribution in [1.29, 1.82) is 0 Å². The summed E-state index contributed by atoms with van der Waals surface area (Å²) in [5.74, 6) is 0.192. The van der Waals surface area contributed by atoms with Crippen LogP contribution in [0.15, 0.2) is 30.3 Å². The molecule has 1 aliphatic rings. The standard InChI is InChI=1S/C16H24N2O.ClH/c1-13(17)11-15(19)18-10-6-9-16(2,12-18)14-7-4-3-5-8-14;/h3-5,7-8,13H,6,9-12,17H2,1-2H3;1H. The zero-order valence-corrected chi connectivity index (χ0v) is 13.2. The lowest BCUT2D eigenvalue weighted by atomic mass is 9.76. The molecule has 4 heteroatoms. The summed E-state index contributed by atoms with van der Waals surface area (Å²) in [4.78, 5) is 14.2. The molecule has 2 rings (SSSR count). The minimum absolute atomic E-state index is 0. The average Bonchev–Trinajstić information content (AvgIpc) is 2.39. The first kappa shape index (κ1) is 17.0. The van der Waals surface area contributed by atoms with Crippen molar-refractivity contribution < 1.29 is 4.79 Å². The van der Waals surface area contributed by atoms with E-state index in [1.54, 1.807) is 0 Å². The molecule has 0 spiro atoms. The first-order chi connectivity index (χ1) is 9.01. The van der Waals surface area contributed by atoms with Crippen molar-refractivity contribution in [3.8, 4) is 0 Å². The van der Waals surface area contributed by atoms with Gasteiger partial charge in [-0.3, -0.25) is 4.79 Å². The molecule has 1 aromatic rings. The molecule has 1 aliphatic heterocycles.